The van der Waals surface area contributed by atoms with Gasteiger partial charge in [0.25, 0.3) is 0 Å². The van der Waals surface area contributed by atoms with Crippen molar-refractivity contribution in [1.29, 1.82) is 5.26 Å². The normalized spacial score (nSPS) is 16.3. The van der Waals surface area contributed by atoms with Crippen LogP contribution in [0, 0.1) is 24.2 Å². The SMILES string of the molecule is Cc1cccc(C#N)c1N1CCC(C(N)=O)CC1. The van der Waals surface area contributed by atoms with Gasteiger partial charge < -0.3 is 10.6 Å². The monoisotopic (exact) mass is 243 g/mol. The number of primary amides is 1. The zero-order chi connectivity index (χ0) is 13.1. The van der Waals surface area contributed by atoms with Gasteiger partial charge in [0.1, 0.15) is 6.07 Å². The van der Waals surface area contributed by atoms with Crippen molar-refractivity contribution in [1.82, 2.24) is 0 Å². The minimum absolute atomic E-state index is 0.0178. The van der Waals surface area contributed by atoms with E-state index in [2.05, 4.69) is 11.0 Å². The number of carbonyl (C=O) groups is 1. The molecular formula is C14H17N3O. The van der Waals surface area contributed by atoms with Gasteiger partial charge in [0, 0.05) is 19.0 Å². The summed E-state index contributed by atoms with van der Waals surface area (Å²) < 4.78 is 0. The lowest BCUT2D eigenvalue weighted by atomic mass is 9.95. The Kier molecular flexibility index (Phi) is 3.52. The molecule has 0 aromatic heterocycles. The molecule has 2 N–H and O–H groups in total. The number of para-hydroxylation sites is 1. The maximum atomic E-state index is 11.1. The number of nitriles is 1. The second kappa shape index (κ2) is 5.09. The van der Waals surface area contributed by atoms with Crippen LogP contribution in [0.1, 0.15) is 24.0 Å². The molecule has 0 spiro atoms. The fourth-order valence-corrected chi connectivity index (χ4v) is 2.56. The Balaban J connectivity index is 2.20. The molecule has 1 aromatic rings. The number of benzene rings is 1. The van der Waals surface area contributed by atoms with Gasteiger partial charge in [-0.15, -0.1) is 0 Å². The molecule has 4 heteroatoms. The average Bonchev–Trinajstić information content (AvgIpc) is 2.38. The lowest BCUT2D eigenvalue weighted by Crippen LogP contribution is -2.39. The van der Waals surface area contributed by atoms with Gasteiger partial charge in [0.2, 0.25) is 5.91 Å². The summed E-state index contributed by atoms with van der Waals surface area (Å²) in [5, 5.41) is 9.16. The minimum Gasteiger partial charge on any atom is -0.370 e. The van der Waals surface area contributed by atoms with Crippen LogP contribution < -0.4 is 10.6 Å². The highest BCUT2D eigenvalue weighted by Gasteiger charge is 2.25. The maximum absolute atomic E-state index is 11.1. The summed E-state index contributed by atoms with van der Waals surface area (Å²) in [6, 6.07) is 7.98. The Bertz CT molecular complexity index is 496. The predicted octanol–water partition coefficient (Wildman–Crippen LogP) is 1.57. The Morgan fingerprint density at radius 2 is 2.11 bits per heavy atom. The van der Waals surface area contributed by atoms with Gasteiger partial charge >= 0.3 is 0 Å². The van der Waals surface area contributed by atoms with Crippen molar-refractivity contribution in [3.05, 3.63) is 29.3 Å². The lowest BCUT2D eigenvalue weighted by Gasteiger charge is -2.33. The molecule has 1 aliphatic rings. The van der Waals surface area contributed by atoms with E-state index in [9.17, 15) is 4.79 Å². The van der Waals surface area contributed by atoms with Gasteiger partial charge in [0.15, 0.2) is 0 Å². The predicted molar refractivity (Wildman–Crippen MR) is 70.0 cm³/mol. The van der Waals surface area contributed by atoms with E-state index < -0.39 is 0 Å². The summed E-state index contributed by atoms with van der Waals surface area (Å²) in [5.41, 5.74) is 8.13. The van der Waals surface area contributed by atoms with Gasteiger partial charge in [0.05, 0.1) is 11.3 Å². The third kappa shape index (κ3) is 2.30. The molecule has 4 nitrogen and oxygen atoms in total. The Morgan fingerprint density at radius 1 is 1.44 bits per heavy atom. The maximum Gasteiger partial charge on any atom is 0.220 e. The molecule has 0 atom stereocenters. The van der Waals surface area contributed by atoms with E-state index in [-0.39, 0.29) is 11.8 Å². The van der Waals surface area contributed by atoms with Gasteiger partial charge in [-0.1, -0.05) is 12.1 Å². The second-order valence-corrected chi connectivity index (χ2v) is 4.75. The highest BCUT2D eigenvalue weighted by molar-refractivity contribution is 5.77. The summed E-state index contributed by atoms with van der Waals surface area (Å²) in [6.07, 6.45) is 1.54. The molecule has 0 unspecified atom stereocenters. The number of hydrogen-bond acceptors (Lipinski definition) is 3. The molecule has 1 saturated heterocycles. The summed E-state index contributed by atoms with van der Waals surface area (Å²) in [5.74, 6) is -0.226. The van der Waals surface area contributed by atoms with E-state index in [1.54, 1.807) is 0 Å². The van der Waals surface area contributed by atoms with Crippen molar-refractivity contribution in [2.45, 2.75) is 19.8 Å². The second-order valence-electron chi connectivity index (χ2n) is 4.75. The molecule has 1 amide bonds. The molecule has 0 bridgehead atoms. The first-order chi connectivity index (χ1) is 8.63. The Morgan fingerprint density at radius 3 is 2.67 bits per heavy atom. The number of aryl methyl sites for hydroxylation is 1. The van der Waals surface area contributed by atoms with Crippen LogP contribution >= 0.6 is 0 Å². The average molecular weight is 243 g/mol. The number of hydrogen-bond donors (Lipinski definition) is 1. The van der Waals surface area contributed by atoms with Crippen LogP contribution in [0.5, 0.6) is 0 Å². The third-order valence-corrected chi connectivity index (χ3v) is 3.57. The molecule has 1 aliphatic heterocycles. The number of piperidine rings is 1. The molecule has 2 rings (SSSR count). The van der Waals surface area contributed by atoms with E-state index in [1.807, 2.05) is 25.1 Å². The van der Waals surface area contributed by atoms with Crippen molar-refractivity contribution >= 4 is 11.6 Å². The first-order valence-electron chi connectivity index (χ1n) is 6.17. The van der Waals surface area contributed by atoms with Gasteiger partial charge in [-0.3, -0.25) is 4.79 Å². The van der Waals surface area contributed by atoms with E-state index >= 15 is 0 Å². The topological polar surface area (TPSA) is 70.1 Å². The van der Waals surface area contributed by atoms with Crippen LogP contribution in [0.15, 0.2) is 18.2 Å². The van der Waals surface area contributed by atoms with E-state index in [0.717, 1.165) is 37.2 Å². The van der Waals surface area contributed by atoms with Gasteiger partial charge in [-0.05, 0) is 31.4 Å². The molecule has 0 radical (unpaired) electrons. The third-order valence-electron chi connectivity index (χ3n) is 3.57. The highest BCUT2D eigenvalue weighted by atomic mass is 16.1. The van der Waals surface area contributed by atoms with Crippen LogP contribution in [-0.2, 0) is 4.79 Å². The molecule has 18 heavy (non-hydrogen) atoms. The summed E-state index contributed by atoms with van der Waals surface area (Å²) in [6.45, 7) is 3.58. The van der Waals surface area contributed by atoms with Crippen LogP contribution in [-0.4, -0.2) is 19.0 Å². The summed E-state index contributed by atoms with van der Waals surface area (Å²) in [4.78, 5) is 13.3. The number of amides is 1. The van der Waals surface area contributed by atoms with Crippen molar-refractivity contribution in [2.24, 2.45) is 11.7 Å². The zero-order valence-electron chi connectivity index (χ0n) is 10.5. The van der Waals surface area contributed by atoms with E-state index in [1.165, 1.54) is 0 Å². The number of anilines is 1. The lowest BCUT2D eigenvalue weighted by molar-refractivity contribution is -0.122. The van der Waals surface area contributed by atoms with Crippen LogP contribution in [0.25, 0.3) is 0 Å². The number of rotatable bonds is 2. The number of carbonyl (C=O) groups excluding carboxylic acids is 1. The molecule has 1 heterocycles. The van der Waals surface area contributed by atoms with Crippen LogP contribution in [0.4, 0.5) is 5.69 Å². The Hall–Kier alpha value is -2.02. The smallest absolute Gasteiger partial charge is 0.220 e. The van der Waals surface area contributed by atoms with Gasteiger partial charge in [-0.25, -0.2) is 0 Å². The number of nitrogens with two attached hydrogens (primary N) is 1. The minimum atomic E-state index is -0.208. The standard InChI is InChI=1S/C14H17N3O/c1-10-3-2-4-12(9-15)13(10)17-7-5-11(6-8-17)14(16)18/h2-4,11H,5-8H2,1H3,(H2,16,18). The number of nitrogens with zero attached hydrogens (tertiary/aromatic N) is 2. The van der Waals surface area contributed by atoms with Crippen molar-refractivity contribution < 1.29 is 4.79 Å². The summed E-state index contributed by atoms with van der Waals surface area (Å²) >= 11 is 0. The fraction of sp³-hybridized carbons (Fsp3) is 0.429. The first-order valence-corrected chi connectivity index (χ1v) is 6.17. The molecule has 0 saturated carbocycles. The van der Waals surface area contributed by atoms with E-state index in [4.69, 9.17) is 11.0 Å². The molecule has 0 aliphatic carbocycles. The first kappa shape index (κ1) is 12.4. The molecule has 1 fully saturated rings. The van der Waals surface area contributed by atoms with Crippen molar-refractivity contribution in [2.75, 3.05) is 18.0 Å². The van der Waals surface area contributed by atoms with E-state index in [0.29, 0.717) is 5.56 Å². The van der Waals surface area contributed by atoms with Crippen molar-refractivity contribution in [3.63, 3.8) is 0 Å². The van der Waals surface area contributed by atoms with Crippen molar-refractivity contribution in [3.8, 4) is 6.07 Å². The molecule has 94 valence electrons. The molecular weight excluding hydrogens is 226 g/mol. The van der Waals surface area contributed by atoms with Crippen LogP contribution in [0.3, 0.4) is 0 Å². The Labute approximate surface area is 107 Å². The molecule has 1 aromatic carbocycles. The van der Waals surface area contributed by atoms with Crippen LogP contribution in [0.2, 0.25) is 0 Å². The van der Waals surface area contributed by atoms with Gasteiger partial charge in [-0.2, -0.15) is 5.26 Å². The quantitative estimate of drug-likeness (QED) is 0.857. The zero-order valence-corrected chi connectivity index (χ0v) is 10.5. The highest BCUT2D eigenvalue weighted by Crippen LogP contribution is 2.29. The largest absolute Gasteiger partial charge is 0.370 e. The fourth-order valence-electron chi connectivity index (χ4n) is 2.56. The summed E-state index contributed by atoms with van der Waals surface area (Å²) in [7, 11) is 0.